The minimum Gasteiger partial charge on any atom is -0.347 e. The zero-order valence-corrected chi connectivity index (χ0v) is 13.9. The van der Waals surface area contributed by atoms with E-state index in [0.29, 0.717) is 12.2 Å². The summed E-state index contributed by atoms with van der Waals surface area (Å²) in [7, 11) is 0. The van der Waals surface area contributed by atoms with Gasteiger partial charge in [0.05, 0.1) is 23.0 Å². The molecule has 4 N–H and O–H groups in total. The number of anilines is 1. The summed E-state index contributed by atoms with van der Waals surface area (Å²) in [6.45, 7) is 1.81. The zero-order valence-electron chi connectivity index (χ0n) is 13.1. The highest BCUT2D eigenvalue weighted by Gasteiger charge is 2.11. The molecule has 0 aliphatic rings. The summed E-state index contributed by atoms with van der Waals surface area (Å²) in [5.74, 6) is 0.950. The predicted molar refractivity (Wildman–Crippen MR) is 94.4 cm³/mol. The second-order valence-electron chi connectivity index (χ2n) is 4.91. The number of carbonyl (C=O) groups is 2. The summed E-state index contributed by atoms with van der Waals surface area (Å²) in [6, 6.07) is 4.58. The first-order valence-corrected chi connectivity index (χ1v) is 8.56. The normalized spacial score (nSPS) is 10.5. The zero-order chi connectivity index (χ0) is 17.5. The standard InChI is InChI=1S/C15H18N4O4S/c1-2-24-7-6-11(20)16-8-12(21)17-10-5-3-4-9-13(10)15(23)19-18-14(9)22/h3-5H,2,6-8H2,1H3,(H,16,20)(H,17,21)(H,18,22)(H,19,23). The highest BCUT2D eigenvalue weighted by molar-refractivity contribution is 7.99. The van der Waals surface area contributed by atoms with Crippen molar-refractivity contribution >= 4 is 40.0 Å². The maximum absolute atomic E-state index is 12.0. The molecule has 2 aromatic rings. The first-order valence-electron chi connectivity index (χ1n) is 7.41. The van der Waals surface area contributed by atoms with Crippen molar-refractivity contribution in [2.75, 3.05) is 23.4 Å². The van der Waals surface area contributed by atoms with Gasteiger partial charge in [0.1, 0.15) is 0 Å². The van der Waals surface area contributed by atoms with E-state index in [9.17, 15) is 19.2 Å². The Morgan fingerprint density at radius 2 is 1.88 bits per heavy atom. The second kappa shape index (κ2) is 8.34. The fraction of sp³-hybridized carbons (Fsp3) is 0.333. The topological polar surface area (TPSA) is 124 Å². The van der Waals surface area contributed by atoms with Crippen molar-refractivity contribution in [2.24, 2.45) is 0 Å². The number of hydrogen-bond acceptors (Lipinski definition) is 5. The summed E-state index contributed by atoms with van der Waals surface area (Å²) in [6.07, 6.45) is 0.342. The van der Waals surface area contributed by atoms with E-state index in [0.717, 1.165) is 5.75 Å². The Hall–Kier alpha value is -2.55. The fourth-order valence-electron chi connectivity index (χ4n) is 2.10. The third-order valence-corrected chi connectivity index (χ3v) is 4.12. The van der Waals surface area contributed by atoms with Crippen molar-refractivity contribution in [2.45, 2.75) is 13.3 Å². The van der Waals surface area contributed by atoms with E-state index in [-0.39, 0.29) is 28.9 Å². The third kappa shape index (κ3) is 4.48. The van der Waals surface area contributed by atoms with Crippen LogP contribution in [0, 0.1) is 0 Å². The average molecular weight is 350 g/mol. The van der Waals surface area contributed by atoms with Crippen LogP contribution in [0.2, 0.25) is 0 Å². The van der Waals surface area contributed by atoms with Gasteiger partial charge in [-0.25, -0.2) is 0 Å². The molecule has 9 heteroatoms. The predicted octanol–water partition coefficient (Wildman–Crippen LogP) is 0.414. The Kier molecular flexibility index (Phi) is 6.19. The summed E-state index contributed by atoms with van der Waals surface area (Å²) in [4.78, 5) is 47.1. The highest BCUT2D eigenvalue weighted by Crippen LogP contribution is 2.16. The van der Waals surface area contributed by atoms with Crippen LogP contribution in [0.5, 0.6) is 0 Å². The van der Waals surface area contributed by atoms with Gasteiger partial charge in [0.15, 0.2) is 0 Å². The molecular formula is C15H18N4O4S. The van der Waals surface area contributed by atoms with Gasteiger partial charge in [-0.05, 0) is 17.9 Å². The molecule has 1 aromatic carbocycles. The Balaban J connectivity index is 2.04. The molecule has 0 bridgehead atoms. The van der Waals surface area contributed by atoms with Crippen molar-refractivity contribution in [3.8, 4) is 0 Å². The molecule has 0 atom stereocenters. The van der Waals surface area contributed by atoms with Gasteiger partial charge in [-0.2, -0.15) is 11.8 Å². The second-order valence-corrected chi connectivity index (χ2v) is 6.30. The monoisotopic (exact) mass is 350 g/mol. The molecule has 0 saturated carbocycles. The molecule has 0 aliphatic carbocycles. The van der Waals surface area contributed by atoms with Crippen LogP contribution < -0.4 is 21.8 Å². The van der Waals surface area contributed by atoms with Crippen LogP contribution in [0.25, 0.3) is 10.8 Å². The van der Waals surface area contributed by atoms with E-state index in [2.05, 4.69) is 20.8 Å². The largest absolute Gasteiger partial charge is 0.347 e. The maximum atomic E-state index is 12.0. The minimum atomic E-state index is -0.513. The summed E-state index contributed by atoms with van der Waals surface area (Å²) < 4.78 is 0. The summed E-state index contributed by atoms with van der Waals surface area (Å²) in [5.41, 5.74) is -0.746. The van der Waals surface area contributed by atoms with Crippen LogP contribution in [-0.4, -0.2) is 40.1 Å². The molecule has 0 fully saturated rings. The molecule has 24 heavy (non-hydrogen) atoms. The van der Waals surface area contributed by atoms with Gasteiger partial charge < -0.3 is 10.6 Å². The van der Waals surface area contributed by atoms with Gasteiger partial charge in [-0.3, -0.25) is 29.4 Å². The Labute approximate surface area is 141 Å². The summed E-state index contributed by atoms with van der Waals surface area (Å²) >= 11 is 1.65. The molecule has 0 spiro atoms. The number of benzene rings is 1. The number of hydrogen-bond donors (Lipinski definition) is 4. The van der Waals surface area contributed by atoms with Crippen molar-refractivity contribution in [1.29, 1.82) is 0 Å². The van der Waals surface area contributed by atoms with E-state index in [1.165, 1.54) is 12.1 Å². The van der Waals surface area contributed by atoms with E-state index in [1.54, 1.807) is 17.8 Å². The van der Waals surface area contributed by atoms with E-state index in [1.807, 2.05) is 6.92 Å². The molecule has 0 unspecified atom stereocenters. The number of carbonyl (C=O) groups excluding carboxylic acids is 2. The minimum absolute atomic E-state index is 0.0975. The molecule has 0 saturated heterocycles. The van der Waals surface area contributed by atoms with Crippen molar-refractivity contribution in [3.05, 3.63) is 38.9 Å². The molecule has 2 amide bonds. The number of fused-ring (bicyclic) bond motifs is 1. The molecule has 1 aromatic heterocycles. The van der Waals surface area contributed by atoms with Crippen LogP contribution in [0.1, 0.15) is 13.3 Å². The Morgan fingerprint density at radius 1 is 1.12 bits per heavy atom. The number of rotatable bonds is 7. The van der Waals surface area contributed by atoms with Gasteiger partial charge in [0, 0.05) is 12.2 Å². The van der Waals surface area contributed by atoms with Gasteiger partial charge >= 0.3 is 0 Å². The van der Waals surface area contributed by atoms with E-state index >= 15 is 0 Å². The van der Waals surface area contributed by atoms with Crippen LogP contribution in [0.3, 0.4) is 0 Å². The Morgan fingerprint density at radius 3 is 2.62 bits per heavy atom. The van der Waals surface area contributed by atoms with Gasteiger partial charge in [0.25, 0.3) is 11.1 Å². The first kappa shape index (κ1) is 17.8. The molecule has 0 radical (unpaired) electrons. The smallest absolute Gasteiger partial charge is 0.272 e. The highest BCUT2D eigenvalue weighted by atomic mass is 32.2. The third-order valence-electron chi connectivity index (χ3n) is 3.22. The first-order chi connectivity index (χ1) is 11.5. The number of thioether (sulfide) groups is 1. The lowest BCUT2D eigenvalue weighted by Crippen LogP contribution is -2.33. The number of nitrogens with one attached hydrogen (secondary N) is 4. The van der Waals surface area contributed by atoms with Crippen LogP contribution in [-0.2, 0) is 9.59 Å². The van der Waals surface area contributed by atoms with Crippen molar-refractivity contribution < 1.29 is 9.59 Å². The maximum Gasteiger partial charge on any atom is 0.272 e. The van der Waals surface area contributed by atoms with Crippen molar-refractivity contribution in [3.63, 3.8) is 0 Å². The van der Waals surface area contributed by atoms with Gasteiger partial charge in [-0.15, -0.1) is 0 Å². The van der Waals surface area contributed by atoms with Crippen LogP contribution >= 0.6 is 11.8 Å². The van der Waals surface area contributed by atoms with E-state index in [4.69, 9.17) is 0 Å². The fourth-order valence-corrected chi connectivity index (χ4v) is 2.72. The number of H-pyrrole nitrogens is 2. The number of aromatic amines is 2. The van der Waals surface area contributed by atoms with Crippen LogP contribution in [0.4, 0.5) is 5.69 Å². The van der Waals surface area contributed by atoms with Crippen molar-refractivity contribution in [1.82, 2.24) is 15.5 Å². The van der Waals surface area contributed by atoms with Crippen LogP contribution in [0.15, 0.2) is 27.8 Å². The molecule has 128 valence electrons. The quantitative estimate of drug-likeness (QED) is 0.539. The Bertz CT molecular complexity index is 858. The van der Waals surface area contributed by atoms with E-state index < -0.39 is 17.0 Å². The molecule has 1 heterocycles. The lowest BCUT2D eigenvalue weighted by atomic mass is 10.1. The summed E-state index contributed by atoms with van der Waals surface area (Å²) in [5, 5.41) is 9.78. The molecule has 8 nitrogen and oxygen atoms in total. The lowest BCUT2D eigenvalue weighted by Gasteiger charge is -2.08. The van der Waals surface area contributed by atoms with Gasteiger partial charge in [-0.1, -0.05) is 13.0 Å². The van der Waals surface area contributed by atoms with Gasteiger partial charge in [0.2, 0.25) is 11.8 Å². The number of aromatic nitrogens is 2. The molecule has 2 rings (SSSR count). The molecular weight excluding hydrogens is 332 g/mol. The number of amides is 2. The SMILES string of the molecule is CCSCCC(=O)NCC(=O)Nc1cccc2c(=O)[nH][nH]c(=O)c12. The average Bonchev–Trinajstić information content (AvgIpc) is 2.57. The lowest BCUT2D eigenvalue weighted by molar-refractivity contribution is -0.123. The molecule has 0 aliphatic heterocycles.